The van der Waals surface area contributed by atoms with Crippen LogP contribution in [0.15, 0.2) is 18.2 Å². The SMILES string of the molecule is CCCN(C(=O)CC1CCc2ccc(OC)cc2O1)C1CC1. The van der Waals surface area contributed by atoms with Crippen LogP contribution in [0.4, 0.5) is 0 Å². The second-order valence-electron chi connectivity index (χ2n) is 6.27. The Morgan fingerprint density at radius 2 is 2.18 bits per heavy atom. The smallest absolute Gasteiger partial charge is 0.226 e. The Labute approximate surface area is 132 Å². The normalized spacial score (nSPS) is 20.0. The molecule has 1 fully saturated rings. The third kappa shape index (κ3) is 3.37. The summed E-state index contributed by atoms with van der Waals surface area (Å²) >= 11 is 0. The van der Waals surface area contributed by atoms with Crippen LogP contribution in [0.5, 0.6) is 11.5 Å². The van der Waals surface area contributed by atoms with E-state index in [9.17, 15) is 4.79 Å². The van der Waals surface area contributed by atoms with E-state index in [-0.39, 0.29) is 12.0 Å². The number of ether oxygens (including phenoxy) is 2. The first-order valence-corrected chi connectivity index (χ1v) is 8.34. The van der Waals surface area contributed by atoms with E-state index in [0.717, 1.165) is 50.1 Å². The minimum absolute atomic E-state index is 0.00906. The Balaban J connectivity index is 1.62. The lowest BCUT2D eigenvalue weighted by Gasteiger charge is -2.29. The first-order valence-electron chi connectivity index (χ1n) is 8.34. The van der Waals surface area contributed by atoms with Gasteiger partial charge in [-0.3, -0.25) is 4.79 Å². The lowest BCUT2D eigenvalue weighted by molar-refractivity contribution is -0.133. The summed E-state index contributed by atoms with van der Waals surface area (Å²) in [5.41, 5.74) is 1.21. The minimum Gasteiger partial charge on any atom is -0.497 e. The van der Waals surface area contributed by atoms with E-state index in [2.05, 4.69) is 17.9 Å². The maximum absolute atomic E-state index is 12.5. The quantitative estimate of drug-likeness (QED) is 0.810. The van der Waals surface area contributed by atoms with Crippen molar-refractivity contribution in [2.45, 2.75) is 57.6 Å². The second-order valence-corrected chi connectivity index (χ2v) is 6.27. The van der Waals surface area contributed by atoms with Crippen LogP contribution in [0.1, 0.15) is 44.6 Å². The molecule has 1 aromatic rings. The molecule has 0 radical (unpaired) electrons. The van der Waals surface area contributed by atoms with Crippen LogP contribution in [0, 0.1) is 0 Å². The molecule has 3 rings (SSSR count). The zero-order chi connectivity index (χ0) is 15.5. The first kappa shape index (κ1) is 15.2. The molecule has 1 aliphatic carbocycles. The molecule has 1 amide bonds. The van der Waals surface area contributed by atoms with Gasteiger partial charge in [0.1, 0.15) is 17.6 Å². The molecule has 4 heteroatoms. The number of fused-ring (bicyclic) bond motifs is 1. The van der Waals surface area contributed by atoms with Crippen molar-refractivity contribution in [3.8, 4) is 11.5 Å². The van der Waals surface area contributed by atoms with E-state index in [1.54, 1.807) is 7.11 Å². The third-order valence-corrected chi connectivity index (χ3v) is 4.48. The van der Waals surface area contributed by atoms with Gasteiger partial charge in [0.2, 0.25) is 5.91 Å². The molecule has 1 heterocycles. The van der Waals surface area contributed by atoms with Crippen molar-refractivity contribution >= 4 is 5.91 Å². The number of carbonyl (C=O) groups excluding carboxylic acids is 1. The van der Waals surface area contributed by atoms with Gasteiger partial charge in [-0.05, 0) is 43.7 Å². The zero-order valence-corrected chi connectivity index (χ0v) is 13.5. The van der Waals surface area contributed by atoms with Crippen molar-refractivity contribution in [3.63, 3.8) is 0 Å². The molecule has 0 spiro atoms. The number of benzene rings is 1. The first-order chi connectivity index (χ1) is 10.7. The summed E-state index contributed by atoms with van der Waals surface area (Å²) in [4.78, 5) is 14.6. The molecule has 0 N–H and O–H groups in total. The summed E-state index contributed by atoms with van der Waals surface area (Å²) in [7, 11) is 1.66. The van der Waals surface area contributed by atoms with Gasteiger partial charge in [-0.15, -0.1) is 0 Å². The molecule has 0 saturated heterocycles. The number of hydrogen-bond acceptors (Lipinski definition) is 3. The Bertz CT molecular complexity index is 539. The van der Waals surface area contributed by atoms with E-state index in [4.69, 9.17) is 9.47 Å². The van der Waals surface area contributed by atoms with Gasteiger partial charge in [0.25, 0.3) is 0 Å². The summed E-state index contributed by atoms with van der Waals surface area (Å²) in [6.45, 7) is 3.00. The van der Waals surface area contributed by atoms with Gasteiger partial charge in [-0.1, -0.05) is 13.0 Å². The van der Waals surface area contributed by atoms with Crippen molar-refractivity contribution in [1.29, 1.82) is 0 Å². The van der Waals surface area contributed by atoms with Crippen LogP contribution in [0.2, 0.25) is 0 Å². The molecule has 2 aliphatic rings. The molecule has 1 unspecified atom stereocenters. The van der Waals surface area contributed by atoms with Gasteiger partial charge in [-0.25, -0.2) is 0 Å². The summed E-state index contributed by atoms with van der Waals surface area (Å²) in [5.74, 6) is 1.92. The van der Waals surface area contributed by atoms with Crippen molar-refractivity contribution < 1.29 is 14.3 Å². The number of hydrogen-bond donors (Lipinski definition) is 0. The van der Waals surface area contributed by atoms with Gasteiger partial charge >= 0.3 is 0 Å². The minimum atomic E-state index is -0.00906. The molecule has 1 saturated carbocycles. The molecule has 0 aromatic heterocycles. The number of aryl methyl sites for hydroxylation is 1. The molecule has 1 atom stereocenters. The second kappa shape index (κ2) is 6.59. The van der Waals surface area contributed by atoms with Crippen molar-refractivity contribution in [1.82, 2.24) is 4.90 Å². The van der Waals surface area contributed by atoms with Crippen LogP contribution >= 0.6 is 0 Å². The van der Waals surface area contributed by atoms with E-state index in [0.29, 0.717) is 12.5 Å². The largest absolute Gasteiger partial charge is 0.497 e. The Kier molecular flexibility index (Phi) is 4.55. The van der Waals surface area contributed by atoms with Crippen LogP contribution in [-0.4, -0.2) is 36.6 Å². The highest BCUT2D eigenvalue weighted by Crippen LogP contribution is 2.33. The highest BCUT2D eigenvalue weighted by Gasteiger charge is 2.33. The fourth-order valence-electron chi connectivity index (χ4n) is 3.13. The average Bonchev–Trinajstić information content (AvgIpc) is 3.36. The summed E-state index contributed by atoms with van der Waals surface area (Å²) in [5, 5.41) is 0. The van der Waals surface area contributed by atoms with Crippen LogP contribution in [-0.2, 0) is 11.2 Å². The third-order valence-electron chi connectivity index (χ3n) is 4.48. The Morgan fingerprint density at radius 1 is 1.36 bits per heavy atom. The fourth-order valence-corrected chi connectivity index (χ4v) is 3.13. The van der Waals surface area contributed by atoms with Gasteiger partial charge in [-0.2, -0.15) is 0 Å². The summed E-state index contributed by atoms with van der Waals surface area (Å²) in [6, 6.07) is 6.43. The predicted octanol–water partition coefficient (Wildman–Crippen LogP) is 3.18. The molecule has 4 nitrogen and oxygen atoms in total. The van der Waals surface area contributed by atoms with E-state index < -0.39 is 0 Å². The van der Waals surface area contributed by atoms with E-state index in [1.165, 1.54) is 5.56 Å². The lowest BCUT2D eigenvalue weighted by atomic mass is 10.00. The molecular weight excluding hydrogens is 278 g/mol. The lowest BCUT2D eigenvalue weighted by Crippen LogP contribution is -2.37. The number of amides is 1. The van der Waals surface area contributed by atoms with E-state index in [1.807, 2.05) is 12.1 Å². The summed E-state index contributed by atoms with van der Waals surface area (Å²) in [6.07, 6.45) is 5.71. The maximum Gasteiger partial charge on any atom is 0.226 e. The standard InChI is InChI=1S/C18H25NO3/c1-3-10-19(14-6-7-14)18(20)12-16-9-5-13-4-8-15(21-2)11-17(13)22-16/h4,8,11,14,16H,3,5-7,9-10,12H2,1-2H3. The fraction of sp³-hybridized carbons (Fsp3) is 0.611. The molecule has 22 heavy (non-hydrogen) atoms. The summed E-state index contributed by atoms with van der Waals surface area (Å²) < 4.78 is 11.3. The molecule has 1 aromatic carbocycles. The number of methoxy groups -OCH3 is 1. The monoisotopic (exact) mass is 303 g/mol. The number of nitrogens with zero attached hydrogens (tertiary/aromatic N) is 1. The van der Waals surface area contributed by atoms with Crippen LogP contribution in [0.25, 0.3) is 0 Å². The van der Waals surface area contributed by atoms with Gasteiger partial charge in [0.15, 0.2) is 0 Å². The van der Waals surface area contributed by atoms with Crippen molar-refractivity contribution in [3.05, 3.63) is 23.8 Å². The van der Waals surface area contributed by atoms with Gasteiger partial charge in [0.05, 0.1) is 13.5 Å². The highest BCUT2D eigenvalue weighted by molar-refractivity contribution is 5.77. The molecule has 1 aliphatic heterocycles. The van der Waals surface area contributed by atoms with Crippen LogP contribution < -0.4 is 9.47 Å². The van der Waals surface area contributed by atoms with E-state index >= 15 is 0 Å². The average molecular weight is 303 g/mol. The molecule has 120 valence electrons. The Hall–Kier alpha value is -1.71. The molecular formula is C18H25NO3. The predicted molar refractivity (Wildman–Crippen MR) is 85.4 cm³/mol. The topological polar surface area (TPSA) is 38.8 Å². The van der Waals surface area contributed by atoms with Gasteiger partial charge in [0, 0.05) is 18.7 Å². The Morgan fingerprint density at radius 3 is 2.86 bits per heavy atom. The maximum atomic E-state index is 12.5. The number of rotatable bonds is 6. The van der Waals surface area contributed by atoms with Crippen molar-refractivity contribution in [2.75, 3.05) is 13.7 Å². The zero-order valence-electron chi connectivity index (χ0n) is 13.5. The van der Waals surface area contributed by atoms with Crippen LogP contribution in [0.3, 0.4) is 0 Å². The van der Waals surface area contributed by atoms with Gasteiger partial charge < -0.3 is 14.4 Å². The highest BCUT2D eigenvalue weighted by atomic mass is 16.5. The molecule has 0 bridgehead atoms. The van der Waals surface area contributed by atoms with Crippen molar-refractivity contribution in [2.24, 2.45) is 0 Å². The number of carbonyl (C=O) groups is 1.